The van der Waals surface area contributed by atoms with Crippen LogP contribution in [0.1, 0.15) is 17.0 Å². The molecule has 0 aliphatic rings. The number of benzene rings is 2. The van der Waals surface area contributed by atoms with E-state index in [0.29, 0.717) is 0 Å². The minimum absolute atomic E-state index is 0.855. The van der Waals surface area contributed by atoms with E-state index < -0.39 is 0 Å². The third-order valence-corrected chi connectivity index (χ3v) is 3.45. The molecule has 1 heterocycles. The Morgan fingerprint density at radius 3 is 2.67 bits per heavy atom. The first-order valence-electron chi connectivity index (χ1n) is 6.23. The van der Waals surface area contributed by atoms with Gasteiger partial charge >= 0.3 is 0 Å². The van der Waals surface area contributed by atoms with Crippen LogP contribution in [0.15, 0.2) is 42.5 Å². The number of aryl methyl sites for hydroxylation is 1. The molecule has 0 bridgehead atoms. The van der Waals surface area contributed by atoms with Gasteiger partial charge in [-0.1, -0.05) is 41.9 Å². The van der Waals surface area contributed by atoms with Gasteiger partial charge in [0, 0.05) is 6.42 Å². The largest absolute Gasteiger partial charge is 0.341 e. The zero-order valence-electron chi connectivity index (χ0n) is 10.7. The minimum Gasteiger partial charge on any atom is -0.341 e. The Morgan fingerprint density at radius 2 is 1.89 bits per heavy atom. The molecule has 0 atom stereocenters. The molecule has 1 aromatic heterocycles. The van der Waals surface area contributed by atoms with Crippen LogP contribution < -0.4 is 5.46 Å². The van der Waals surface area contributed by atoms with E-state index in [1.165, 1.54) is 22.1 Å². The molecular formula is C15H15BN2. The fourth-order valence-corrected chi connectivity index (χ4v) is 2.24. The quantitative estimate of drug-likeness (QED) is 0.672. The molecule has 0 aliphatic carbocycles. The van der Waals surface area contributed by atoms with Crippen molar-refractivity contribution in [3.8, 4) is 0 Å². The summed E-state index contributed by atoms with van der Waals surface area (Å²) < 4.78 is 0. The molecule has 3 rings (SSSR count). The van der Waals surface area contributed by atoms with Crippen molar-refractivity contribution >= 4 is 24.3 Å². The van der Waals surface area contributed by atoms with E-state index in [2.05, 4.69) is 61.1 Å². The molecule has 0 unspecified atom stereocenters. The Bertz CT molecular complexity index is 686. The summed E-state index contributed by atoms with van der Waals surface area (Å²) in [6.45, 7) is 2.14. The number of rotatable bonds is 2. The van der Waals surface area contributed by atoms with Crippen LogP contribution in [-0.4, -0.2) is 17.8 Å². The van der Waals surface area contributed by atoms with Crippen LogP contribution in [0.3, 0.4) is 0 Å². The second-order valence-corrected chi connectivity index (χ2v) is 4.75. The molecule has 0 fully saturated rings. The van der Waals surface area contributed by atoms with E-state index in [0.717, 1.165) is 17.8 Å². The van der Waals surface area contributed by atoms with Gasteiger partial charge in [0.05, 0.1) is 11.0 Å². The molecule has 18 heavy (non-hydrogen) atoms. The Kier molecular flexibility index (Phi) is 2.67. The fraction of sp³-hybridized carbons (Fsp3) is 0.133. The van der Waals surface area contributed by atoms with Crippen molar-refractivity contribution in [2.75, 3.05) is 0 Å². The average Bonchev–Trinajstić information content (AvgIpc) is 2.79. The van der Waals surface area contributed by atoms with Gasteiger partial charge in [-0.2, -0.15) is 0 Å². The number of H-pyrrole nitrogens is 1. The van der Waals surface area contributed by atoms with E-state index >= 15 is 0 Å². The van der Waals surface area contributed by atoms with Gasteiger partial charge in [0.1, 0.15) is 13.7 Å². The monoisotopic (exact) mass is 234 g/mol. The molecule has 0 radical (unpaired) electrons. The van der Waals surface area contributed by atoms with Crippen LogP contribution in [-0.2, 0) is 6.42 Å². The zero-order chi connectivity index (χ0) is 12.5. The van der Waals surface area contributed by atoms with Crippen LogP contribution in [0, 0.1) is 6.92 Å². The summed E-state index contributed by atoms with van der Waals surface area (Å²) in [7, 11) is 2.13. The second-order valence-electron chi connectivity index (χ2n) is 4.75. The maximum Gasteiger partial charge on any atom is 0.139 e. The second kappa shape index (κ2) is 4.33. The molecule has 3 heteroatoms. The van der Waals surface area contributed by atoms with E-state index in [9.17, 15) is 0 Å². The number of hydrogen-bond acceptors (Lipinski definition) is 1. The molecule has 0 saturated heterocycles. The highest BCUT2D eigenvalue weighted by atomic mass is 14.9. The van der Waals surface area contributed by atoms with E-state index in [-0.39, 0.29) is 0 Å². The lowest BCUT2D eigenvalue weighted by Gasteiger charge is -1.99. The van der Waals surface area contributed by atoms with Crippen molar-refractivity contribution < 1.29 is 0 Å². The molecule has 1 N–H and O–H groups in total. The van der Waals surface area contributed by atoms with Gasteiger partial charge in [0.15, 0.2) is 0 Å². The van der Waals surface area contributed by atoms with Crippen molar-refractivity contribution in [3.63, 3.8) is 0 Å². The highest BCUT2D eigenvalue weighted by Gasteiger charge is 2.06. The summed E-state index contributed by atoms with van der Waals surface area (Å²) in [4.78, 5) is 8.10. The van der Waals surface area contributed by atoms with Crippen LogP contribution >= 0.6 is 0 Å². The van der Waals surface area contributed by atoms with Crippen LogP contribution in [0.5, 0.6) is 0 Å². The summed E-state index contributed by atoms with van der Waals surface area (Å²) in [5.41, 5.74) is 6.10. The average molecular weight is 234 g/mol. The number of aromatic amines is 1. The van der Waals surface area contributed by atoms with Crippen LogP contribution in [0.25, 0.3) is 11.0 Å². The topological polar surface area (TPSA) is 28.7 Å². The van der Waals surface area contributed by atoms with Crippen LogP contribution in [0.4, 0.5) is 0 Å². The maximum atomic E-state index is 4.65. The SMILES string of the molecule is Bc1ccc2nc(Cc3ccccc3)[nH]c2c1C. The summed E-state index contributed by atoms with van der Waals surface area (Å²) in [5, 5.41) is 0. The van der Waals surface area contributed by atoms with Gasteiger partial charge in [-0.25, -0.2) is 4.98 Å². The number of fused-ring (bicyclic) bond motifs is 1. The molecular weight excluding hydrogens is 219 g/mol. The third kappa shape index (κ3) is 1.92. The highest BCUT2D eigenvalue weighted by Crippen LogP contribution is 2.15. The molecule has 2 aromatic carbocycles. The molecule has 0 spiro atoms. The Labute approximate surface area is 107 Å². The Morgan fingerprint density at radius 1 is 1.11 bits per heavy atom. The first kappa shape index (κ1) is 11.1. The molecule has 0 aliphatic heterocycles. The lowest BCUT2D eigenvalue weighted by atomic mass is 9.91. The number of nitrogens with one attached hydrogen (secondary N) is 1. The lowest BCUT2D eigenvalue weighted by Crippen LogP contribution is -2.06. The summed E-state index contributed by atoms with van der Waals surface area (Å²) in [5.74, 6) is 1.03. The predicted octanol–water partition coefficient (Wildman–Crippen LogP) is 1.72. The summed E-state index contributed by atoms with van der Waals surface area (Å²) in [6, 6.07) is 14.6. The third-order valence-electron chi connectivity index (χ3n) is 3.45. The number of hydrogen-bond donors (Lipinski definition) is 1. The Balaban J connectivity index is 2.02. The molecule has 0 saturated carbocycles. The standard InChI is InChI=1S/C15H15BN2/c1-10-12(16)7-8-13-15(10)18-14(17-13)9-11-5-3-2-4-6-11/h2-8H,9,16H2,1H3,(H,17,18). The van der Waals surface area contributed by atoms with Gasteiger partial charge in [0.2, 0.25) is 0 Å². The van der Waals surface area contributed by atoms with Crippen molar-refractivity contribution in [1.82, 2.24) is 9.97 Å². The summed E-state index contributed by atoms with van der Waals surface area (Å²) >= 11 is 0. The maximum absolute atomic E-state index is 4.65. The number of aromatic nitrogens is 2. The molecule has 0 amide bonds. The van der Waals surface area contributed by atoms with Crippen molar-refractivity contribution in [2.24, 2.45) is 0 Å². The first-order valence-corrected chi connectivity index (χ1v) is 6.23. The van der Waals surface area contributed by atoms with Crippen LogP contribution in [0.2, 0.25) is 0 Å². The van der Waals surface area contributed by atoms with Gasteiger partial charge in [0.25, 0.3) is 0 Å². The van der Waals surface area contributed by atoms with Gasteiger partial charge < -0.3 is 4.98 Å². The lowest BCUT2D eigenvalue weighted by molar-refractivity contribution is 1.04. The fourth-order valence-electron chi connectivity index (χ4n) is 2.24. The van der Waals surface area contributed by atoms with Gasteiger partial charge in [-0.15, -0.1) is 0 Å². The zero-order valence-corrected chi connectivity index (χ0v) is 10.7. The van der Waals surface area contributed by atoms with Gasteiger partial charge in [-0.05, 0) is 24.1 Å². The summed E-state index contributed by atoms with van der Waals surface area (Å²) in [6.07, 6.45) is 0.855. The minimum atomic E-state index is 0.855. The van der Waals surface area contributed by atoms with Crippen molar-refractivity contribution in [3.05, 3.63) is 59.4 Å². The molecule has 3 aromatic rings. The molecule has 88 valence electrons. The first-order chi connectivity index (χ1) is 8.74. The molecule has 2 nitrogen and oxygen atoms in total. The van der Waals surface area contributed by atoms with E-state index in [4.69, 9.17) is 0 Å². The highest BCUT2D eigenvalue weighted by molar-refractivity contribution is 6.34. The van der Waals surface area contributed by atoms with Crippen molar-refractivity contribution in [1.29, 1.82) is 0 Å². The normalized spacial score (nSPS) is 10.9. The Hall–Kier alpha value is -2.03. The van der Waals surface area contributed by atoms with Crippen molar-refractivity contribution in [2.45, 2.75) is 13.3 Å². The number of nitrogens with zero attached hydrogens (tertiary/aromatic N) is 1. The van der Waals surface area contributed by atoms with E-state index in [1.807, 2.05) is 6.07 Å². The number of imidazole rings is 1. The van der Waals surface area contributed by atoms with E-state index in [1.54, 1.807) is 0 Å². The predicted molar refractivity (Wildman–Crippen MR) is 78.3 cm³/mol. The smallest absolute Gasteiger partial charge is 0.139 e. The van der Waals surface area contributed by atoms with Gasteiger partial charge in [-0.3, -0.25) is 0 Å².